The number of allylic oxidation sites excluding steroid dienone is 2. The molecule has 0 N–H and O–H groups in total. The van der Waals surface area contributed by atoms with Gasteiger partial charge in [-0.3, -0.25) is 4.57 Å². The van der Waals surface area contributed by atoms with E-state index in [1.165, 1.54) is 69.3 Å². The summed E-state index contributed by atoms with van der Waals surface area (Å²) in [5.74, 6) is 0. The third kappa shape index (κ3) is 6.37. The van der Waals surface area contributed by atoms with Crippen molar-refractivity contribution < 1.29 is 0 Å². The SMILES string of the molecule is CC[Si](CC)(CC)c1cc2ccccc2n1C.CC[Si](CC)(CC)c1cn(C)c2c1C=C[C+]=C2.Cn1ccc2ccccc21. The number of hydrogen-bond donors (Lipinski definition) is 0. The van der Waals surface area contributed by atoms with E-state index in [-0.39, 0.29) is 0 Å². The van der Waals surface area contributed by atoms with Crippen LogP contribution in [0.2, 0.25) is 36.3 Å². The summed E-state index contributed by atoms with van der Waals surface area (Å²) in [5, 5.41) is 5.99. The highest BCUT2D eigenvalue weighted by Crippen LogP contribution is 2.27. The molecule has 2 aromatic carbocycles. The molecule has 0 bridgehead atoms. The maximum absolute atomic E-state index is 3.19. The average Bonchev–Trinajstić information content (AvgIpc) is 3.74. The lowest BCUT2D eigenvalue weighted by molar-refractivity contribution is 0.914. The van der Waals surface area contributed by atoms with E-state index < -0.39 is 16.1 Å². The van der Waals surface area contributed by atoms with Crippen molar-refractivity contribution in [1.29, 1.82) is 0 Å². The smallest absolute Gasteiger partial charge is 0.160 e. The highest BCUT2D eigenvalue weighted by molar-refractivity contribution is 6.92. The number of para-hydroxylation sites is 2. The Bertz CT molecular complexity index is 1700. The van der Waals surface area contributed by atoms with E-state index in [2.05, 4.69) is 168 Å². The molecule has 0 unspecified atom stereocenters. The van der Waals surface area contributed by atoms with E-state index >= 15 is 0 Å². The predicted octanol–water partition coefficient (Wildman–Crippen LogP) is 9.66. The van der Waals surface area contributed by atoms with Gasteiger partial charge in [-0.15, -0.1) is 0 Å². The topological polar surface area (TPSA) is 14.8 Å². The minimum atomic E-state index is -1.27. The monoisotopic (exact) mass is 620 g/mol. The quantitative estimate of drug-likeness (QED) is 0.121. The minimum absolute atomic E-state index is 1.26. The second-order valence-electron chi connectivity index (χ2n) is 12.4. The van der Waals surface area contributed by atoms with Crippen molar-refractivity contribution in [3.05, 3.63) is 96.5 Å². The van der Waals surface area contributed by atoms with Crippen molar-refractivity contribution in [3.8, 4) is 0 Å². The highest BCUT2D eigenvalue weighted by Gasteiger charge is 2.36. The number of benzene rings is 2. The molecule has 1 aliphatic carbocycles. The molecule has 5 heteroatoms. The van der Waals surface area contributed by atoms with Crippen LogP contribution in [0.3, 0.4) is 0 Å². The maximum atomic E-state index is 3.19. The van der Waals surface area contributed by atoms with Gasteiger partial charge in [0.05, 0.1) is 14.1 Å². The molecule has 0 spiro atoms. The lowest BCUT2D eigenvalue weighted by Crippen LogP contribution is -2.48. The van der Waals surface area contributed by atoms with Crippen molar-refractivity contribution >= 4 is 60.6 Å². The van der Waals surface area contributed by atoms with Gasteiger partial charge in [0.15, 0.2) is 5.69 Å². The van der Waals surface area contributed by atoms with Gasteiger partial charge in [-0.25, -0.2) is 0 Å². The Morgan fingerprint density at radius 2 is 1.20 bits per heavy atom. The van der Waals surface area contributed by atoms with Crippen LogP contribution in [-0.2, 0) is 21.1 Å². The van der Waals surface area contributed by atoms with Gasteiger partial charge in [0, 0.05) is 56.0 Å². The maximum Gasteiger partial charge on any atom is 0.160 e. The fourth-order valence-corrected chi connectivity index (χ4v) is 15.1. The molecule has 3 nitrogen and oxygen atoms in total. The Hall–Kier alpha value is -3.38. The normalized spacial score (nSPS) is 12.4. The number of fused-ring (bicyclic) bond motifs is 3. The van der Waals surface area contributed by atoms with E-state index in [0.29, 0.717) is 0 Å². The molecule has 232 valence electrons. The van der Waals surface area contributed by atoms with Crippen molar-refractivity contribution in [1.82, 2.24) is 13.7 Å². The molecule has 0 saturated carbocycles. The van der Waals surface area contributed by atoms with E-state index in [1.54, 1.807) is 10.5 Å². The molecule has 1 aliphatic rings. The van der Waals surface area contributed by atoms with Crippen LogP contribution >= 0.6 is 0 Å². The molecule has 0 saturated heterocycles. The van der Waals surface area contributed by atoms with Gasteiger partial charge in [-0.05, 0) is 40.2 Å². The molecule has 6 rings (SSSR count). The molecule has 0 aliphatic heterocycles. The fourth-order valence-electron chi connectivity index (χ4n) is 7.33. The van der Waals surface area contributed by atoms with E-state index in [9.17, 15) is 0 Å². The zero-order chi connectivity index (χ0) is 31.9. The molecule has 5 aromatic rings. The molecule has 0 radical (unpaired) electrons. The first-order valence-electron chi connectivity index (χ1n) is 16.7. The van der Waals surface area contributed by atoms with Crippen LogP contribution in [0.5, 0.6) is 0 Å². The molecule has 3 aromatic heterocycles. The Balaban J connectivity index is 0.000000156. The van der Waals surface area contributed by atoms with Crippen LogP contribution in [0.4, 0.5) is 0 Å². The van der Waals surface area contributed by atoms with E-state index in [0.717, 1.165) is 0 Å². The standard InChI is InChI=1S/C15H22NSi.C15H23NSi.C9H9N/c1-5-17(6-2,7-3)15-12-16(4)14-11-9-8-10-13(14)15;1-5-17(6-2,7-3)15-12-13-10-8-9-11-14(13)16(15)4;1-10-7-6-8-4-2-3-5-9(8)10/h8,10-12H,5-7H2,1-4H3;8-12H,5-7H2,1-4H3;2-7H,1H3/q+1;;. The first kappa shape index (κ1) is 33.5. The van der Waals surface area contributed by atoms with Gasteiger partial charge >= 0.3 is 0 Å². The largest absolute Gasteiger partial charge is 0.352 e. The predicted molar refractivity (Wildman–Crippen MR) is 202 cm³/mol. The first-order valence-corrected chi connectivity index (χ1v) is 22.0. The van der Waals surface area contributed by atoms with Crippen molar-refractivity contribution in [2.45, 2.75) is 77.8 Å². The number of hydrogen-bond acceptors (Lipinski definition) is 0. The molecular formula is C39H54N3Si2+. The van der Waals surface area contributed by atoms with Crippen molar-refractivity contribution in [3.63, 3.8) is 0 Å². The second kappa shape index (κ2) is 14.6. The fraction of sp³-hybridized carbons (Fsp3) is 0.385. The number of rotatable bonds is 8. The summed E-state index contributed by atoms with van der Waals surface area (Å²) >= 11 is 0. The minimum Gasteiger partial charge on any atom is -0.352 e. The van der Waals surface area contributed by atoms with Gasteiger partial charge in [0.1, 0.15) is 25.8 Å². The Labute approximate surface area is 268 Å². The van der Waals surface area contributed by atoms with Crippen LogP contribution < -0.4 is 10.5 Å². The Morgan fingerprint density at radius 1 is 0.636 bits per heavy atom. The van der Waals surface area contributed by atoms with Gasteiger partial charge in [-0.2, -0.15) is 0 Å². The summed E-state index contributed by atoms with van der Waals surface area (Å²) in [6, 6.07) is 29.8. The lowest BCUT2D eigenvalue weighted by Gasteiger charge is -2.28. The summed E-state index contributed by atoms with van der Waals surface area (Å²) in [6.45, 7) is 14.2. The summed E-state index contributed by atoms with van der Waals surface area (Å²) < 4.78 is 6.83. The van der Waals surface area contributed by atoms with Crippen LogP contribution in [0.25, 0.3) is 34.0 Å². The van der Waals surface area contributed by atoms with Gasteiger partial charge in [0.25, 0.3) is 0 Å². The summed E-state index contributed by atoms with van der Waals surface area (Å²) in [6.07, 6.45) is 14.0. The van der Waals surface area contributed by atoms with Crippen molar-refractivity contribution in [2.24, 2.45) is 21.1 Å². The number of aromatic nitrogens is 3. The van der Waals surface area contributed by atoms with Crippen LogP contribution in [-0.4, -0.2) is 29.8 Å². The second-order valence-corrected chi connectivity index (χ2v) is 22.8. The summed E-state index contributed by atoms with van der Waals surface area (Å²) in [4.78, 5) is 0. The Morgan fingerprint density at radius 3 is 1.77 bits per heavy atom. The Kier molecular flexibility index (Phi) is 11.1. The van der Waals surface area contributed by atoms with Crippen LogP contribution in [0.15, 0.2) is 79.1 Å². The zero-order valence-electron chi connectivity index (χ0n) is 28.7. The zero-order valence-corrected chi connectivity index (χ0v) is 30.7. The molecule has 3 heterocycles. The third-order valence-corrected chi connectivity index (χ3v) is 22.0. The van der Waals surface area contributed by atoms with E-state index in [1.807, 2.05) is 6.08 Å². The first-order chi connectivity index (χ1) is 21.2. The molecule has 44 heavy (non-hydrogen) atoms. The van der Waals surface area contributed by atoms with Gasteiger partial charge in [0.2, 0.25) is 0 Å². The highest BCUT2D eigenvalue weighted by atomic mass is 28.3. The summed E-state index contributed by atoms with van der Waals surface area (Å²) in [7, 11) is 3.92. The molecule has 0 fully saturated rings. The average molecular weight is 621 g/mol. The summed E-state index contributed by atoms with van der Waals surface area (Å²) in [5.41, 5.74) is 5.47. The molecular weight excluding hydrogens is 567 g/mol. The molecule has 0 atom stereocenters. The molecule has 0 amide bonds. The van der Waals surface area contributed by atoms with E-state index in [4.69, 9.17) is 0 Å². The van der Waals surface area contributed by atoms with Crippen LogP contribution in [0, 0.1) is 6.08 Å². The van der Waals surface area contributed by atoms with Gasteiger partial charge in [-0.1, -0.05) is 114 Å². The number of nitrogens with zero attached hydrogens (tertiary/aromatic N) is 3. The number of aryl methyl sites for hydroxylation is 3. The van der Waals surface area contributed by atoms with Crippen LogP contribution in [0.1, 0.15) is 52.8 Å². The lowest BCUT2D eigenvalue weighted by atomic mass is 10.1. The van der Waals surface area contributed by atoms with Crippen molar-refractivity contribution in [2.75, 3.05) is 0 Å². The van der Waals surface area contributed by atoms with Gasteiger partial charge < -0.3 is 9.13 Å². The third-order valence-electron chi connectivity index (χ3n) is 10.8.